The molecule has 2 atom stereocenters. The molecule has 0 aromatic carbocycles. The van der Waals surface area contributed by atoms with Crippen molar-refractivity contribution >= 4 is 11.8 Å². The van der Waals surface area contributed by atoms with Crippen LogP contribution in [-0.2, 0) is 13.1 Å². The number of aliphatic imine (C=N–C) groups is 1. The molecular formula is C11H17N5O2. The van der Waals surface area contributed by atoms with Gasteiger partial charge in [-0.3, -0.25) is 0 Å². The first-order chi connectivity index (χ1) is 8.68. The summed E-state index contributed by atoms with van der Waals surface area (Å²) >= 11 is 0. The third-order valence-electron chi connectivity index (χ3n) is 3.94. The van der Waals surface area contributed by atoms with E-state index < -0.39 is 0 Å². The second-order valence-corrected chi connectivity index (χ2v) is 5.10. The van der Waals surface area contributed by atoms with Crippen LogP contribution in [0.3, 0.4) is 0 Å². The minimum atomic E-state index is -0.214. The summed E-state index contributed by atoms with van der Waals surface area (Å²) < 4.78 is 1.95. The number of fused-ring (bicyclic) bond motifs is 1. The van der Waals surface area contributed by atoms with E-state index in [0.717, 1.165) is 17.9 Å². The van der Waals surface area contributed by atoms with Crippen molar-refractivity contribution in [3.63, 3.8) is 0 Å². The Balaban J connectivity index is 1.81. The Labute approximate surface area is 104 Å². The number of guanidine groups is 1. The third kappa shape index (κ3) is 1.67. The van der Waals surface area contributed by atoms with E-state index in [-0.39, 0.29) is 24.5 Å². The Morgan fingerprint density at radius 3 is 3.06 bits per heavy atom. The molecule has 1 aliphatic heterocycles. The monoisotopic (exact) mass is 251 g/mol. The minimum Gasteiger partial charge on any atom is -0.396 e. The molecule has 2 aliphatic rings. The molecule has 3 rings (SSSR count). The number of hydrogen-bond acceptors (Lipinski definition) is 6. The summed E-state index contributed by atoms with van der Waals surface area (Å²) in [6, 6.07) is 0. The predicted octanol–water partition coefficient (Wildman–Crippen LogP) is -0.886. The molecule has 0 amide bonds. The molecule has 1 saturated carbocycles. The molecule has 1 aliphatic carbocycles. The molecule has 0 saturated heterocycles. The van der Waals surface area contributed by atoms with Crippen molar-refractivity contribution in [2.75, 3.05) is 18.5 Å². The smallest absolute Gasteiger partial charge is 0.194 e. The summed E-state index contributed by atoms with van der Waals surface area (Å²) in [5.41, 5.74) is 6.30. The Morgan fingerprint density at radius 2 is 2.39 bits per heavy atom. The molecule has 0 spiro atoms. The van der Waals surface area contributed by atoms with Gasteiger partial charge in [-0.15, -0.1) is 0 Å². The molecule has 1 aromatic rings. The molecule has 18 heavy (non-hydrogen) atoms. The molecule has 0 radical (unpaired) electrons. The molecule has 7 heteroatoms. The fraction of sp³-hybridized carbons (Fsp3) is 0.636. The van der Waals surface area contributed by atoms with Crippen LogP contribution in [-0.4, -0.2) is 38.9 Å². The summed E-state index contributed by atoms with van der Waals surface area (Å²) in [5, 5.41) is 21.7. The van der Waals surface area contributed by atoms with Crippen LogP contribution in [0.25, 0.3) is 0 Å². The van der Waals surface area contributed by atoms with Crippen LogP contribution in [0.15, 0.2) is 11.3 Å². The van der Waals surface area contributed by atoms with E-state index in [1.807, 2.05) is 4.57 Å². The van der Waals surface area contributed by atoms with E-state index in [2.05, 4.69) is 15.3 Å². The van der Waals surface area contributed by atoms with E-state index >= 15 is 0 Å². The van der Waals surface area contributed by atoms with Gasteiger partial charge in [0.15, 0.2) is 5.96 Å². The number of aliphatic hydroxyl groups excluding tert-OH is 2. The lowest BCUT2D eigenvalue weighted by atomic mass is 10.1. The summed E-state index contributed by atoms with van der Waals surface area (Å²) in [7, 11) is 0. The highest BCUT2D eigenvalue weighted by atomic mass is 16.3. The number of aromatic nitrogens is 2. The number of anilines is 1. The van der Waals surface area contributed by atoms with Gasteiger partial charge < -0.3 is 25.8 Å². The predicted molar refractivity (Wildman–Crippen MR) is 65.9 cm³/mol. The van der Waals surface area contributed by atoms with E-state index in [9.17, 15) is 10.2 Å². The summed E-state index contributed by atoms with van der Waals surface area (Å²) in [5.74, 6) is 1.41. The van der Waals surface area contributed by atoms with Gasteiger partial charge in [0.1, 0.15) is 11.5 Å². The van der Waals surface area contributed by atoms with Crippen LogP contribution < -0.4 is 11.1 Å². The molecule has 1 fully saturated rings. The number of nitrogens with zero attached hydrogens (tertiary/aromatic N) is 3. The van der Waals surface area contributed by atoms with Crippen LogP contribution in [0, 0.1) is 11.3 Å². The molecule has 1 aromatic heterocycles. The maximum absolute atomic E-state index is 9.50. The van der Waals surface area contributed by atoms with E-state index in [4.69, 9.17) is 5.73 Å². The average Bonchev–Trinajstić information content (AvgIpc) is 2.96. The van der Waals surface area contributed by atoms with Crippen LogP contribution in [0.4, 0.5) is 5.82 Å². The maximum Gasteiger partial charge on any atom is 0.194 e. The lowest BCUT2D eigenvalue weighted by Gasteiger charge is -2.19. The van der Waals surface area contributed by atoms with Gasteiger partial charge in [-0.05, 0) is 12.3 Å². The van der Waals surface area contributed by atoms with Gasteiger partial charge in [-0.25, -0.2) is 9.98 Å². The fourth-order valence-electron chi connectivity index (χ4n) is 2.59. The zero-order chi connectivity index (χ0) is 12.8. The Kier molecular flexibility index (Phi) is 2.53. The van der Waals surface area contributed by atoms with Gasteiger partial charge in [0, 0.05) is 18.6 Å². The number of imidazole rings is 1. The van der Waals surface area contributed by atoms with E-state index in [1.54, 1.807) is 6.33 Å². The van der Waals surface area contributed by atoms with E-state index in [1.165, 1.54) is 0 Å². The zero-order valence-electron chi connectivity index (χ0n) is 10.0. The molecular weight excluding hydrogens is 234 g/mol. The molecule has 2 heterocycles. The molecule has 98 valence electrons. The highest BCUT2D eigenvalue weighted by Gasteiger charge is 2.53. The summed E-state index contributed by atoms with van der Waals surface area (Å²) in [6.45, 7) is 1.32. The van der Waals surface area contributed by atoms with Crippen molar-refractivity contribution in [2.24, 2.45) is 22.1 Å². The first-order valence-corrected chi connectivity index (χ1v) is 6.01. The van der Waals surface area contributed by atoms with Crippen LogP contribution in [0.2, 0.25) is 0 Å². The summed E-state index contributed by atoms with van der Waals surface area (Å²) in [4.78, 5) is 8.35. The third-order valence-corrected chi connectivity index (χ3v) is 3.94. The highest BCUT2D eigenvalue weighted by molar-refractivity contribution is 5.93. The average molecular weight is 251 g/mol. The number of rotatable bonds is 4. The zero-order valence-corrected chi connectivity index (χ0v) is 10.0. The maximum atomic E-state index is 9.50. The van der Waals surface area contributed by atoms with Crippen molar-refractivity contribution in [2.45, 2.75) is 19.5 Å². The van der Waals surface area contributed by atoms with Crippen molar-refractivity contribution in [1.82, 2.24) is 9.55 Å². The summed E-state index contributed by atoms with van der Waals surface area (Å²) in [6.07, 6.45) is 2.58. The molecule has 0 unspecified atom stereocenters. The van der Waals surface area contributed by atoms with Gasteiger partial charge in [0.25, 0.3) is 0 Å². The number of hydrogen-bond donors (Lipinski definition) is 4. The van der Waals surface area contributed by atoms with Crippen molar-refractivity contribution < 1.29 is 10.2 Å². The molecule has 7 nitrogen and oxygen atoms in total. The molecule has 5 N–H and O–H groups in total. The highest BCUT2D eigenvalue weighted by Crippen LogP contribution is 2.53. The van der Waals surface area contributed by atoms with Crippen molar-refractivity contribution in [1.29, 1.82) is 0 Å². The van der Waals surface area contributed by atoms with Crippen LogP contribution in [0.1, 0.15) is 12.1 Å². The topological polar surface area (TPSA) is 109 Å². The SMILES string of the molecule is NC1=NCc2ncn(C[C@]3(CO)C[C@H]3CO)c2N1. The second-order valence-electron chi connectivity index (χ2n) is 5.10. The van der Waals surface area contributed by atoms with Gasteiger partial charge >= 0.3 is 0 Å². The van der Waals surface area contributed by atoms with Gasteiger partial charge in [0.2, 0.25) is 0 Å². The van der Waals surface area contributed by atoms with Crippen LogP contribution >= 0.6 is 0 Å². The van der Waals surface area contributed by atoms with Gasteiger partial charge in [-0.2, -0.15) is 0 Å². The van der Waals surface area contributed by atoms with Gasteiger partial charge in [-0.1, -0.05) is 0 Å². The standard InChI is InChI=1S/C11H17N5O2/c12-10-13-2-8-9(15-10)16(6-14-8)4-11(5-18)1-7(11)3-17/h6-7,17-18H,1-5H2,(H3,12,13,15)/t7-,11-/m0/s1. The lowest BCUT2D eigenvalue weighted by Crippen LogP contribution is -2.29. The van der Waals surface area contributed by atoms with Crippen molar-refractivity contribution in [3.8, 4) is 0 Å². The Morgan fingerprint density at radius 1 is 1.56 bits per heavy atom. The first-order valence-electron chi connectivity index (χ1n) is 6.01. The Bertz CT molecular complexity index is 498. The first kappa shape index (κ1) is 11.5. The van der Waals surface area contributed by atoms with Crippen molar-refractivity contribution in [3.05, 3.63) is 12.0 Å². The fourth-order valence-corrected chi connectivity index (χ4v) is 2.59. The van der Waals surface area contributed by atoms with Crippen LogP contribution in [0.5, 0.6) is 0 Å². The largest absolute Gasteiger partial charge is 0.396 e. The quantitative estimate of drug-likeness (QED) is 0.555. The number of nitrogens with one attached hydrogen (secondary N) is 1. The second kappa shape index (κ2) is 3.96. The number of nitrogens with two attached hydrogens (primary N) is 1. The Hall–Kier alpha value is -1.60. The molecule has 0 bridgehead atoms. The normalized spacial score (nSPS) is 29.4. The number of aliphatic hydroxyl groups is 2. The lowest BCUT2D eigenvalue weighted by molar-refractivity contribution is 0.158. The van der Waals surface area contributed by atoms with Gasteiger partial charge in [0.05, 0.1) is 19.5 Å². The van der Waals surface area contributed by atoms with E-state index in [0.29, 0.717) is 19.0 Å². The minimum absolute atomic E-state index is 0.0781.